The third-order valence-electron chi connectivity index (χ3n) is 8.84. The SMILES string of the molecule is O=S(=O)(Cl)c1ccc2c(c1)-c1nc3nc(nc4[nH]c(nc5[nH]c(nc-2n1)c1cc(S(=O)(=O)Cl)ccc51)c1ccc(S(=O)(=O)Cl)cc41)-c1ccc(S(=O)(=O)Cl)cc1-3. The fourth-order valence-corrected chi connectivity index (χ4v) is 9.43. The van der Waals surface area contributed by atoms with Crippen LogP contribution in [0.15, 0.2) is 92.4 Å². The summed E-state index contributed by atoms with van der Waals surface area (Å²) in [5, 5.41) is 1.24. The van der Waals surface area contributed by atoms with Gasteiger partial charge in [-0.1, -0.05) is 0 Å². The minimum atomic E-state index is -4.26. The summed E-state index contributed by atoms with van der Waals surface area (Å²) in [7, 11) is 5.87. The second-order valence-corrected chi connectivity index (χ2v) is 22.5. The third-order valence-corrected chi connectivity index (χ3v) is 14.2. The normalized spacial score (nSPS) is 13.2. The molecule has 2 aliphatic rings. The first kappa shape index (κ1) is 36.8. The molecule has 8 bridgehead atoms. The van der Waals surface area contributed by atoms with Gasteiger partial charge in [-0.3, -0.25) is 0 Å². The number of halogens is 4. The largest absolute Gasteiger partial charge is 0.324 e. The zero-order valence-electron chi connectivity index (χ0n) is 27.0. The standard InChI is InChI=1S/C32H14Cl4N8O8S4/c33-53(45,46)13-1-5-17-21(9-13)29-38-25(17)37-26-18-6-2-14(54(34,47)48)10-22(18)30(39-26)41-28-20-8-4-16(56(36,51)52)12-24(20)32(43-28)44-31-23-11-15(55(35,49)50)3-7-19(23)27(40-29)42-31/h1-12H,(H2,37,38,39,40,41,42,43,44). The van der Waals surface area contributed by atoms with Crippen LogP contribution in [-0.4, -0.2) is 73.5 Å². The fraction of sp³-hybridized carbons (Fsp3) is 0. The van der Waals surface area contributed by atoms with Gasteiger partial charge in [-0.15, -0.1) is 0 Å². The third kappa shape index (κ3) is 6.25. The van der Waals surface area contributed by atoms with Crippen LogP contribution in [0.5, 0.6) is 0 Å². The number of aromatic nitrogens is 8. The summed E-state index contributed by atoms with van der Waals surface area (Å²) in [5.41, 5.74) is 1.30. The van der Waals surface area contributed by atoms with Crippen molar-refractivity contribution in [1.29, 1.82) is 0 Å². The van der Waals surface area contributed by atoms with Crippen molar-refractivity contribution in [2.75, 3.05) is 0 Å². The Morgan fingerprint density at radius 1 is 0.339 bits per heavy atom. The van der Waals surface area contributed by atoms with Crippen molar-refractivity contribution in [3.05, 3.63) is 72.8 Å². The van der Waals surface area contributed by atoms with Gasteiger partial charge in [-0.2, -0.15) is 0 Å². The van der Waals surface area contributed by atoms with E-state index in [4.69, 9.17) is 57.7 Å². The lowest BCUT2D eigenvalue weighted by atomic mass is 10.1. The van der Waals surface area contributed by atoms with Gasteiger partial charge in [0.1, 0.15) is 22.6 Å². The molecule has 24 heteroatoms. The topological polar surface area (TPSA) is 245 Å². The molecule has 9 rings (SSSR count). The molecule has 16 nitrogen and oxygen atoms in total. The molecule has 282 valence electrons. The van der Waals surface area contributed by atoms with Gasteiger partial charge in [-0.25, -0.2) is 63.6 Å². The lowest BCUT2D eigenvalue weighted by molar-refractivity contribution is 0.608. The Bertz CT molecular complexity index is 3390. The highest BCUT2D eigenvalue weighted by atomic mass is 35.7. The van der Waals surface area contributed by atoms with Crippen LogP contribution >= 0.6 is 42.7 Å². The van der Waals surface area contributed by atoms with Crippen molar-refractivity contribution in [2.45, 2.75) is 19.6 Å². The molecule has 3 aromatic heterocycles. The van der Waals surface area contributed by atoms with Crippen molar-refractivity contribution in [3.63, 3.8) is 0 Å². The molecule has 2 N–H and O–H groups in total. The minimum absolute atomic E-state index is 0.00887. The summed E-state index contributed by atoms with van der Waals surface area (Å²) in [6, 6.07) is 15.8. The summed E-state index contributed by atoms with van der Waals surface area (Å²) in [6.07, 6.45) is 0. The van der Waals surface area contributed by atoms with E-state index < -0.39 is 36.2 Å². The van der Waals surface area contributed by atoms with E-state index in [1.807, 2.05) is 0 Å². The quantitative estimate of drug-likeness (QED) is 0.177. The molecule has 56 heavy (non-hydrogen) atoms. The van der Waals surface area contributed by atoms with E-state index in [2.05, 4.69) is 24.9 Å². The van der Waals surface area contributed by atoms with E-state index in [0.717, 1.165) is 0 Å². The van der Waals surface area contributed by atoms with Crippen molar-refractivity contribution < 1.29 is 33.7 Å². The lowest BCUT2D eigenvalue weighted by Crippen LogP contribution is -1.93. The number of aromatic amines is 2. The number of benzene rings is 4. The summed E-state index contributed by atoms with van der Waals surface area (Å²) >= 11 is 0. The zero-order chi connectivity index (χ0) is 39.7. The monoisotopic (exact) mass is 906 g/mol. The Labute approximate surface area is 332 Å². The van der Waals surface area contributed by atoms with Gasteiger partial charge in [0.2, 0.25) is 0 Å². The van der Waals surface area contributed by atoms with Gasteiger partial charge in [0.15, 0.2) is 23.3 Å². The summed E-state index contributed by atoms with van der Waals surface area (Å²) in [6.45, 7) is 0. The Morgan fingerprint density at radius 3 is 1.00 bits per heavy atom. The fourth-order valence-electron chi connectivity index (χ4n) is 6.32. The molecule has 0 spiro atoms. The number of nitrogens with zero attached hydrogens (tertiary/aromatic N) is 6. The van der Waals surface area contributed by atoms with Crippen LogP contribution in [0.2, 0.25) is 0 Å². The molecule has 0 radical (unpaired) electrons. The van der Waals surface area contributed by atoms with E-state index in [-0.39, 0.29) is 98.5 Å². The Kier molecular flexibility index (Phi) is 8.12. The van der Waals surface area contributed by atoms with Gasteiger partial charge in [-0.05, 0) is 72.8 Å². The van der Waals surface area contributed by atoms with E-state index in [1.165, 1.54) is 72.8 Å². The molecule has 0 amide bonds. The summed E-state index contributed by atoms with van der Waals surface area (Å²) in [5.74, 6) is -0.254. The number of nitrogens with one attached hydrogen (secondary N) is 2. The first-order valence-electron chi connectivity index (χ1n) is 15.4. The van der Waals surface area contributed by atoms with Crippen LogP contribution in [0.3, 0.4) is 0 Å². The van der Waals surface area contributed by atoms with Crippen molar-refractivity contribution in [1.82, 2.24) is 39.9 Å². The van der Waals surface area contributed by atoms with Gasteiger partial charge >= 0.3 is 0 Å². The molecule has 0 fully saturated rings. The molecule has 0 atom stereocenters. The summed E-state index contributed by atoms with van der Waals surface area (Å²) < 4.78 is 99.4. The van der Waals surface area contributed by atoms with E-state index >= 15 is 0 Å². The van der Waals surface area contributed by atoms with E-state index in [1.54, 1.807) is 0 Å². The summed E-state index contributed by atoms with van der Waals surface area (Å²) in [4.78, 5) is 33.1. The first-order valence-corrected chi connectivity index (χ1v) is 24.6. The predicted molar refractivity (Wildman–Crippen MR) is 208 cm³/mol. The number of hydrogen-bond acceptors (Lipinski definition) is 14. The number of H-pyrrole nitrogens is 2. The van der Waals surface area contributed by atoms with Gasteiger partial charge in [0.05, 0.1) is 19.6 Å². The van der Waals surface area contributed by atoms with E-state index in [9.17, 15) is 33.7 Å². The molecule has 0 aliphatic carbocycles. The Balaban J connectivity index is 1.50. The molecule has 2 aliphatic heterocycles. The Hall–Kier alpha value is -4.80. The van der Waals surface area contributed by atoms with Crippen molar-refractivity contribution >= 4 is 123 Å². The number of hydrogen-bond donors (Lipinski definition) is 2. The van der Waals surface area contributed by atoms with Gasteiger partial charge in [0, 0.05) is 86.5 Å². The average Bonchev–Trinajstić information content (AvgIpc) is 3.84. The second-order valence-electron chi connectivity index (χ2n) is 12.2. The highest BCUT2D eigenvalue weighted by Gasteiger charge is 2.27. The first-order chi connectivity index (χ1) is 26.2. The Morgan fingerprint density at radius 2 is 0.643 bits per heavy atom. The van der Waals surface area contributed by atoms with Crippen LogP contribution < -0.4 is 0 Å². The predicted octanol–water partition coefficient (Wildman–Crippen LogP) is 6.58. The second kappa shape index (κ2) is 12.3. The van der Waals surface area contributed by atoms with Crippen LogP contribution in [0.4, 0.5) is 0 Å². The smallest absolute Gasteiger partial charge is 0.261 e. The van der Waals surface area contributed by atoms with Crippen molar-refractivity contribution in [3.8, 4) is 45.6 Å². The van der Waals surface area contributed by atoms with Crippen LogP contribution in [0.1, 0.15) is 0 Å². The zero-order valence-corrected chi connectivity index (χ0v) is 33.3. The maximum Gasteiger partial charge on any atom is 0.261 e. The average molecular weight is 909 g/mol. The molecule has 7 aromatic rings. The van der Waals surface area contributed by atoms with E-state index in [0.29, 0.717) is 10.8 Å². The van der Waals surface area contributed by atoms with Gasteiger partial charge < -0.3 is 9.97 Å². The number of rotatable bonds is 4. The van der Waals surface area contributed by atoms with Crippen LogP contribution in [0.25, 0.3) is 89.7 Å². The van der Waals surface area contributed by atoms with Crippen LogP contribution in [0, 0.1) is 0 Å². The molecule has 0 saturated heterocycles. The number of fused-ring (bicyclic) bond motifs is 20. The highest BCUT2D eigenvalue weighted by Crippen LogP contribution is 2.40. The van der Waals surface area contributed by atoms with Gasteiger partial charge in [0.25, 0.3) is 36.2 Å². The van der Waals surface area contributed by atoms with Crippen LogP contribution in [-0.2, 0) is 36.2 Å². The highest BCUT2D eigenvalue weighted by molar-refractivity contribution is 8.14. The molecule has 0 unspecified atom stereocenters. The minimum Gasteiger partial charge on any atom is -0.324 e. The molecular formula is C32H14Cl4N8O8S4. The maximum absolute atomic E-state index is 12.4. The molecule has 0 saturated carbocycles. The maximum atomic E-state index is 12.4. The molecule has 4 aromatic carbocycles. The van der Waals surface area contributed by atoms with Crippen molar-refractivity contribution in [2.24, 2.45) is 0 Å². The lowest BCUT2D eigenvalue weighted by Gasteiger charge is -2.03. The molecular weight excluding hydrogens is 894 g/mol. The molecule has 5 heterocycles.